The Bertz CT molecular complexity index is 764. The monoisotopic (exact) mass is 373 g/mol. The van der Waals surface area contributed by atoms with Gasteiger partial charge in [-0.1, -0.05) is 30.3 Å². The molecule has 2 aromatic rings. The van der Waals surface area contributed by atoms with E-state index in [0.29, 0.717) is 0 Å². The van der Waals surface area contributed by atoms with Gasteiger partial charge in [-0.2, -0.15) is 0 Å². The Labute approximate surface area is 146 Å². The molecule has 132 valence electrons. The van der Waals surface area contributed by atoms with Crippen LogP contribution >= 0.6 is 12.4 Å². The van der Waals surface area contributed by atoms with Gasteiger partial charge in [0.15, 0.2) is 5.03 Å². The molecule has 0 spiro atoms. The van der Waals surface area contributed by atoms with Gasteiger partial charge < -0.3 is 15.6 Å². The van der Waals surface area contributed by atoms with Gasteiger partial charge in [-0.15, -0.1) is 12.4 Å². The maximum absolute atomic E-state index is 11.9. The maximum atomic E-state index is 11.9. The number of carbonyl (C=O) groups excluding carboxylic acids is 1. The van der Waals surface area contributed by atoms with Crippen LogP contribution in [0.15, 0.2) is 47.9 Å². The number of benzene rings is 1. The molecule has 0 saturated carbocycles. The molecule has 1 heterocycles. The second kappa shape index (κ2) is 8.78. The van der Waals surface area contributed by atoms with Gasteiger partial charge >= 0.3 is 0 Å². The standard InChI is InChI=1S/C14H19N5O3S.ClH/c1-19-9-14(17-10-19)23(21,22)18-8-13(20)16-7-12(15)11-5-3-2-4-6-11;/h2-6,9-10,12,18H,7-8,15H2,1H3,(H,16,20);1H. The van der Waals surface area contributed by atoms with Crippen LogP contribution in [0.3, 0.4) is 0 Å². The molecular formula is C14H20ClN5O3S. The Morgan fingerprint density at radius 2 is 2.00 bits per heavy atom. The lowest BCUT2D eigenvalue weighted by atomic mass is 10.1. The van der Waals surface area contributed by atoms with Gasteiger partial charge in [-0.25, -0.2) is 18.1 Å². The van der Waals surface area contributed by atoms with E-state index in [0.717, 1.165) is 5.56 Å². The van der Waals surface area contributed by atoms with Crippen molar-refractivity contribution in [2.45, 2.75) is 11.1 Å². The fourth-order valence-electron chi connectivity index (χ4n) is 1.87. The lowest BCUT2D eigenvalue weighted by molar-refractivity contribution is -0.120. The third kappa shape index (κ3) is 5.60. The molecule has 10 heteroatoms. The van der Waals surface area contributed by atoms with Gasteiger partial charge in [0.05, 0.1) is 12.9 Å². The summed E-state index contributed by atoms with van der Waals surface area (Å²) in [6, 6.07) is 8.96. The molecule has 1 unspecified atom stereocenters. The first kappa shape index (κ1) is 20.1. The summed E-state index contributed by atoms with van der Waals surface area (Å²) in [5.74, 6) is -0.462. The molecular weight excluding hydrogens is 354 g/mol. The lowest BCUT2D eigenvalue weighted by Crippen LogP contribution is -2.39. The predicted molar refractivity (Wildman–Crippen MR) is 92.0 cm³/mol. The summed E-state index contributed by atoms with van der Waals surface area (Å²) in [6.45, 7) is -0.158. The van der Waals surface area contributed by atoms with E-state index in [2.05, 4.69) is 15.0 Å². The van der Waals surface area contributed by atoms with Crippen molar-refractivity contribution in [3.05, 3.63) is 48.4 Å². The molecule has 0 saturated heterocycles. The van der Waals surface area contributed by atoms with E-state index in [4.69, 9.17) is 5.73 Å². The van der Waals surface area contributed by atoms with Crippen molar-refractivity contribution in [3.63, 3.8) is 0 Å². The second-order valence-electron chi connectivity index (χ2n) is 5.02. The van der Waals surface area contributed by atoms with Crippen LogP contribution in [0.2, 0.25) is 0 Å². The van der Waals surface area contributed by atoms with E-state index in [9.17, 15) is 13.2 Å². The van der Waals surface area contributed by atoms with Crippen LogP contribution in [-0.4, -0.2) is 37.0 Å². The summed E-state index contributed by atoms with van der Waals surface area (Å²) < 4.78 is 27.5. The number of hydrogen-bond donors (Lipinski definition) is 3. The van der Waals surface area contributed by atoms with Crippen LogP contribution in [0.25, 0.3) is 0 Å². The highest BCUT2D eigenvalue weighted by molar-refractivity contribution is 7.89. The Morgan fingerprint density at radius 1 is 1.33 bits per heavy atom. The van der Waals surface area contributed by atoms with Gasteiger partial charge in [-0.05, 0) is 5.56 Å². The summed E-state index contributed by atoms with van der Waals surface area (Å²) in [5, 5.41) is 2.46. The van der Waals surface area contributed by atoms with Crippen LogP contribution < -0.4 is 15.8 Å². The van der Waals surface area contributed by atoms with Gasteiger partial charge in [0.1, 0.15) is 0 Å². The SMILES string of the molecule is Cl.Cn1cnc(S(=O)(=O)NCC(=O)NCC(N)c2ccccc2)c1. The zero-order chi connectivity index (χ0) is 16.9. The maximum Gasteiger partial charge on any atom is 0.260 e. The van der Waals surface area contributed by atoms with Crippen LogP contribution in [0, 0.1) is 0 Å². The van der Waals surface area contributed by atoms with E-state index in [1.54, 1.807) is 7.05 Å². The molecule has 4 N–H and O–H groups in total. The average Bonchev–Trinajstić information content (AvgIpc) is 2.99. The highest BCUT2D eigenvalue weighted by Crippen LogP contribution is 2.07. The minimum Gasteiger partial charge on any atom is -0.353 e. The minimum absolute atomic E-state index is 0. The molecule has 0 aliphatic rings. The van der Waals surface area contributed by atoms with Crippen molar-refractivity contribution in [2.24, 2.45) is 12.8 Å². The van der Waals surface area contributed by atoms with Gasteiger partial charge in [0.2, 0.25) is 5.91 Å². The van der Waals surface area contributed by atoms with Crippen molar-refractivity contribution in [2.75, 3.05) is 13.1 Å². The number of nitrogens with one attached hydrogen (secondary N) is 2. The summed E-state index contributed by atoms with van der Waals surface area (Å²) >= 11 is 0. The number of halogens is 1. The number of imidazole rings is 1. The summed E-state index contributed by atoms with van der Waals surface area (Å²) in [4.78, 5) is 15.5. The number of sulfonamides is 1. The molecule has 1 aromatic carbocycles. The van der Waals surface area contributed by atoms with Crippen molar-refractivity contribution in [1.82, 2.24) is 19.6 Å². The third-order valence-electron chi connectivity index (χ3n) is 3.13. The van der Waals surface area contributed by atoms with Crippen molar-refractivity contribution in [1.29, 1.82) is 0 Å². The zero-order valence-electron chi connectivity index (χ0n) is 13.0. The van der Waals surface area contributed by atoms with Gasteiger partial charge in [0.25, 0.3) is 10.0 Å². The fourth-order valence-corrected chi connectivity index (χ4v) is 2.83. The van der Waals surface area contributed by atoms with E-state index >= 15 is 0 Å². The van der Waals surface area contributed by atoms with Crippen molar-refractivity contribution in [3.8, 4) is 0 Å². The molecule has 8 nitrogen and oxygen atoms in total. The number of aryl methyl sites for hydroxylation is 1. The highest BCUT2D eigenvalue weighted by atomic mass is 35.5. The Morgan fingerprint density at radius 3 is 2.58 bits per heavy atom. The predicted octanol–water partition coefficient (Wildman–Crippen LogP) is -0.0636. The first-order valence-corrected chi connectivity index (χ1v) is 8.41. The Kier molecular flexibility index (Phi) is 7.36. The van der Waals surface area contributed by atoms with Crippen molar-refractivity contribution >= 4 is 28.3 Å². The number of nitrogens with zero attached hydrogens (tertiary/aromatic N) is 2. The average molecular weight is 374 g/mol. The molecule has 0 fully saturated rings. The number of nitrogens with two attached hydrogens (primary N) is 1. The molecule has 0 bridgehead atoms. The summed E-state index contributed by atoms with van der Waals surface area (Å²) in [7, 11) is -2.14. The third-order valence-corrected chi connectivity index (χ3v) is 4.41. The summed E-state index contributed by atoms with van der Waals surface area (Å²) in [5.41, 5.74) is 6.84. The quantitative estimate of drug-likeness (QED) is 0.628. The molecule has 0 aliphatic carbocycles. The van der Waals surface area contributed by atoms with Crippen LogP contribution in [0.4, 0.5) is 0 Å². The largest absolute Gasteiger partial charge is 0.353 e. The topological polar surface area (TPSA) is 119 Å². The molecule has 1 amide bonds. The zero-order valence-corrected chi connectivity index (χ0v) is 14.7. The van der Waals surface area contributed by atoms with Gasteiger partial charge in [-0.3, -0.25) is 4.79 Å². The molecule has 1 aromatic heterocycles. The van der Waals surface area contributed by atoms with Crippen LogP contribution in [-0.2, 0) is 21.9 Å². The number of aromatic nitrogens is 2. The fraction of sp³-hybridized carbons (Fsp3) is 0.286. The van der Waals surface area contributed by atoms with E-state index in [1.807, 2.05) is 30.3 Å². The lowest BCUT2D eigenvalue weighted by Gasteiger charge is -2.13. The molecule has 0 radical (unpaired) electrons. The smallest absolute Gasteiger partial charge is 0.260 e. The molecule has 1 atom stereocenters. The Balaban J connectivity index is 0.00000288. The number of amides is 1. The Hall–Kier alpha value is -1.94. The van der Waals surface area contributed by atoms with Crippen LogP contribution in [0.5, 0.6) is 0 Å². The first-order chi connectivity index (χ1) is 10.9. The molecule has 0 aliphatic heterocycles. The number of hydrogen-bond acceptors (Lipinski definition) is 5. The highest BCUT2D eigenvalue weighted by Gasteiger charge is 2.18. The molecule has 24 heavy (non-hydrogen) atoms. The number of rotatable bonds is 7. The summed E-state index contributed by atoms with van der Waals surface area (Å²) in [6.07, 6.45) is 2.72. The first-order valence-electron chi connectivity index (χ1n) is 6.93. The van der Waals surface area contributed by atoms with E-state index in [1.165, 1.54) is 17.1 Å². The second-order valence-corrected chi connectivity index (χ2v) is 6.74. The van der Waals surface area contributed by atoms with Gasteiger partial charge in [0, 0.05) is 25.8 Å². The minimum atomic E-state index is -3.80. The van der Waals surface area contributed by atoms with E-state index in [-0.39, 0.29) is 36.6 Å². The number of carbonyl (C=O) groups is 1. The van der Waals surface area contributed by atoms with Crippen molar-refractivity contribution < 1.29 is 13.2 Å². The molecule has 2 rings (SSSR count). The van der Waals surface area contributed by atoms with Crippen LogP contribution in [0.1, 0.15) is 11.6 Å². The normalized spacial score (nSPS) is 12.2. The van der Waals surface area contributed by atoms with E-state index < -0.39 is 15.9 Å².